The minimum atomic E-state index is -0.585. The summed E-state index contributed by atoms with van der Waals surface area (Å²) in [4.78, 5) is 29.6. The molecule has 0 aliphatic rings. The molecule has 0 bridgehead atoms. The van der Waals surface area contributed by atoms with Gasteiger partial charge in [0.15, 0.2) is 0 Å². The molecule has 0 fully saturated rings. The third-order valence-corrected chi connectivity index (χ3v) is 6.98. The number of rotatable bonds is 11. The Kier molecular flexibility index (Phi) is 10.2. The van der Waals surface area contributed by atoms with Crippen molar-refractivity contribution >= 4 is 39.5 Å². The molecule has 3 aromatic rings. The predicted molar refractivity (Wildman–Crippen MR) is 144 cm³/mol. The van der Waals surface area contributed by atoms with E-state index in [-0.39, 0.29) is 11.8 Å². The van der Waals surface area contributed by atoms with E-state index >= 15 is 0 Å². The minimum absolute atomic E-state index is 0.0215. The number of amides is 2. The van der Waals surface area contributed by atoms with E-state index in [9.17, 15) is 9.59 Å². The van der Waals surface area contributed by atoms with Gasteiger partial charge in [0.2, 0.25) is 11.8 Å². The van der Waals surface area contributed by atoms with Crippen LogP contribution in [0.2, 0.25) is 0 Å². The second-order valence-corrected chi connectivity index (χ2v) is 10.2. The van der Waals surface area contributed by atoms with Gasteiger partial charge in [0.1, 0.15) is 6.04 Å². The number of nitrogens with one attached hydrogen (secondary N) is 1. The van der Waals surface area contributed by atoms with Crippen molar-refractivity contribution in [2.75, 3.05) is 12.3 Å². The third kappa shape index (κ3) is 8.03. The highest BCUT2D eigenvalue weighted by molar-refractivity contribution is 9.10. The van der Waals surface area contributed by atoms with Crippen molar-refractivity contribution in [2.24, 2.45) is 0 Å². The second kappa shape index (κ2) is 13.4. The average molecular weight is 540 g/mol. The van der Waals surface area contributed by atoms with Crippen LogP contribution in [0.15, 0.2) is 88.2 Å². The van der Waals surface area contributed by atoms with Gasteiger partial charge >= 0.3 is 0 Å². The van der Waals surface area contributed by atoms with Gasteiger partial charge in [-0.3, -0.25) is 9.59 Å². The van der Waals surface area contributed by atoms with Crippen molar-refractivity contribution in [2.45, 2.75) is 44.2 Å². The third-order valence-electron chi connectivity index (χ3n) is 5.47. The van der Waals surface area contributed by atoms with Crippen molar-refractivity contribution < 1.29 is 9.59 Å². The number of halogens is 1. The Hall–Kier alpha value is -2.57. The number of likely N-dealkylation sites (N-methyl/N-ethyl adjacent to an activating group) is 1. The maximum atomic E-state index is 13.5. The van der Waals surface area contributed by atoms with Crippen LogP contribution in [0.5, 0.6) is 0 Å². The van der Waals surface area contributed by atoms with Crippen LogP contribution >= 0.6 is 27.7 Å². The summed E-state index contributed by atoms with van der Waals surface area (Å²) in [6.45, 7) is 4.86. The number of benzene rings is 3. The Bertz CT molecular complexity index is 1070. The van der Waals surface area contributed by atoms with Gasteiger partial charge in [0, 0.05) is 41.1 Å². The smallest absolute Gasteiger partial charge is 0.243 e. The first kappa shape index (κ1) is 26.0. The lowest BCUT2D eigenvalue weighted by Crippen LogP contribution is -2.50. The largest absolute Gasteiger partial charge is 0.355 e. The summed E-state index contributed by atoms with van der Waals surface area (Å²) in [5, 5.41) is 2.94. The first-order valence-electron chi connectivity index (χ1n) is 11.5. The zero-order valence-electron chi connectivity index (χ0n) is 19.7. The van der Waals surface area contributed by atoms with E-state index in [2.05, 4.69) is 52.4 Å². The highest BCUT2D eigenvalue weighted by atomic mass is 79.9. The molecule has 0 aliphatic carbocycles. The SMILES string of the molecule is CCNC(=O)[C@H](Cc1ccccc1)N(Cc1cccc(Br)c1)C(=O)CCSc1ccc(C)cc1. The fourth-order valence-electron chi connectivity index (χ4n) is 3.71. The summed E-state index contributed by atoms with van der Waals surface area (Å²) in [5.41, 5.74) is 3.22. The Morgan fingerprint density at radius 1 is 0.971 bits per heavy atom. The van der Waals surface area contributed by atoms with Crippen LogP contribution in [0, 0.1) is 6.92 Å². The molecule has 0 saturated heterocycles. The molecule has 0 radical (unpaired) electrons. The number of hydrogen-bond donors (Lipinski definition) is 1. The lowest BCUT2D eigenvalue weighted by molar-refractivity contribution is -0.140. The summed E-state index contributed by atoms with van der Waals surface area (Å²) in [5.74, 6) is 0.511. The van der Waals surface area contributed by atoms with E-state index in [1.54, 1.807) is 16.7 Å². The molecule has 3 rings (SSSR count). The van der Waals surface area contributed by atoms with E-state index in [1.807, 2.05) is 61.5 Å². The zero-order chi connectivity index (χ0) is 24.3. The average Bonchev–Trinajstić information content (AvgIpc) is 2.83. The molecule has 178 valence electrons. The van der Waals surface area contributed by atoms with Gasteiger partial charge in [-0.25, -0.2) is 0 Å². The van der Waals surface area contributed by atoms with Gasteiger partial charge in [0.25, 0.3) is 0 Å². The van der Waals surface area contributed by atoms with Gasteiger partial charge < -0.3 is 10.2 Å². The fraction of sp³-hybridized carbons (Fsp3) is 0.286. The number of hydrogen-bond acceptors (Lipinski definition) is 3. The maximum Gasteiger partial charge on any atom is 0.243 e. The van der Waals surface area contributed by atoms with E-state index in [4.69, 9.17) is 0 Å². The van der Waals surface area contributed by atoms with Crippen LogP contribution < -0.4 is 5.32 Å². The summed E-state index contributed by atoms with van der Waals surface area (Å²) in [7, 11) is 0. The topological polar surface area (TPSA) is 49.4 Å². The van der Waals surface area contributed by atoms with Crippen LogP contribution in [-0.4, -0.2) is 35.1 Å². The zero-order valence-corrected chi connectivity index (χ0v) is 22.1. The molecule has 34 heavy (non-hydrogen) atoms. The van der Waals surface area contributed by atoms with Crippen LogP contribution in [-0.2, 0) is 22.6 Å². The number of carbonyl (C=O) groups is 2. The Balaban J connectivity index is 1.81. The van der Waals surface area contributed by atoms with Crippen LogP contribution in [0.1, 0.15) is 30.0 Å². The quantitative estimate of drug-likeness (QED) is 0.304. The van der Waals surface area contributed by atoms with E-state index in [0.717, 1.165) is 20.5 Å². The number of aryl methyl sites for hydroxylation is 1. The van der Waals surface area contributed by atoms with Crippen molar-refractivity contribution in [1.82, 2.24) is 10.2 Å². The molecular weight excluding hydrogens is 508 g/mol. The lowest BCUT2D eigenvalue weighted by atomic mass is 10.0. The predicted octanol–water partition coefficient (Wildman–Crippen LogP) is 6.02. The summed E-state index contributed by atoms with van der Waals surface area (Å²) >= 11 is 5.18. The van der Waals surface area contributed by atoms with Crippen LogP contribution in [0.3, 0.4) is 0 Å². The van der Waals surface area contributed by atoms with Crippen molar-refractivity contribution in [3.63, 3.8) is 0 Å². The monoisotopic (exact) mass is 538 g/mol. The molecular formula is C28H31BrN2O2S. The number of thioether (sulfide) groups is 1. The van der Waals surface area contributed by atoms with E-state index in [0.29, 0.717) is 31.7 Å². The molecule has 0 unspecified atom stereocenters. The normalized spacial score (nSPS) is 11.6. The Morgan fingerprint density at radius 2 is 1.68 bits per heavy atom. The highest BCUT2D eigenvalue weighted by Crippen LogP contribution is 2.22. The number of carbonyl (C=O) groups excluding carboxylic acids is 2. The summed E-state index contributed by atoms with van der Waals surface area (Å²) in [6.07, 6.45) is 0.828. The van der Waals surface area contributed by atoms with E-state index in [1.165, 1.54) is 5.56 Å². The van der Waals surface area contributed by atoms with Crippen LogP contribution in [0.25, 0.3) is 0 Å². The molecule has 2 amide bonds. The van der Waals surface area contributed by atoms with Gasteiger partial charge in [-0.15, -0.1) is 11.8 Å². The first-order valence-corrected chi connectivity index (χ1v) is 13.3. The molecule has 0 heterocycles. The van der Waals surface area contributed by atoms with Gasteiger partial charge in [-0.2, -0.15) is 0 Å². The molecule has 0 spiro atoms. The standard InChI is InChI=1S/C28H31BrN2O2S/c1-3-30-28(33)26(19-22-8-5-4-6-9-22)31(20-23-10-7-11-24(29)18-23)27(32)16-17-34-25-14-12-21(2)13-15-25/h4-15,18,26H,3,16-17,19-20H2,1-2H3,(H,30,33)/t26-/m0/s1. The first-order chi connectivity index (χ1) is 16.5. The second-order valence-electron chi connectivity index (χ2n) is 8.16. The Morgan fingerprint density at radius 3 is 2.35 bits per heavy atom. The van der Waals surface area contributed by atoms with Crippen molar-refractivity contribution in [3.8, 4) is 0 Å². The van der Waals surface area contributed by atoms with Crippen LogP contribution in [0.4, 0.5) is 0 Å². The molecule has 4 nitrogen and oxygen atoms in total. The van der Waals surface area contributed by atoms with Crippen molar-refractivity contribution in [3.05, 3.63) is 100 Å². The fourth-order valence-corrected chi connectivity index (χ4v) is 5.00. The molecule has 0 saturated carbocycles. The number of nitrogens with zero attached hydrogens (tertiary/aromatic N) is 1. The molecule has 0 aromatic heterocycles. The molecule has 6 heteroatoms. The Labute approximate surface area is 215 Å². The molecule has 1 N–H and O–H groups in total. The maximum absolute atomic E-state index is 13.5. The minimum Gasteiger partial charge on any atom is -0.355 e. The van der Waals surface area contributed by atoms with Gasteiger partial charge in [-0.1, -0.05) is 76.1 Å². The molecule has 1 atom stereocenters. The highest BCUT2D eigenvalue weighted by Gasteiger charge is 2.29. The molecule has 0 aliphatic heterocycles. The molecule has 3 aromatic carbocycles. The van der Waals surface area contributed by atoms with Crippen molar-refractivity contribution in [1.29, 1.82) is 0 Å². The summed E-state index contributed by atoms with van der Waals surface area (Å²) in [6, 6.07) is 25.5. The van der Waals surface area contributed by atoms with Gasteiger partial charge in [-0.05, 0) is 49.2 Å². The van der Waals surface area contributed by atoms with E-state index < -0.39 is 6.04 Å². The summed E-state index contributed by atoms with van der Waals surface area (Å²) < 4.78 is 0.949. The van der Waals surface area contributed by atoms with Gasteiger partial charge in [0.05, 0.1) is 0 Å². The lowest BCUT2D eigenvalue weighted by Gasteiger charge is -2.31.